The van der Waals surface area contributed by atoms with Crippen LogP contribution in [0.4, 0.5) is 0 Å². The van der Waals surface area contributed by atoms with Gasteiger partial charge in [-0.05, 0) is 25.5 Å². The van der Waals surface area contributed by atoms with Crippen LogP contribution in [0.1, 0.15) is 31.9 Å². The van der Waals surface area contributed by atoms with Gasteiger partial charge in [0.2, 0.25) is 0 Å². The van der Waals surface area contributed by atoms with E-state index in [1.54, 1.807) is 7.11 Å². The number of rotatable bonds is 6. The Bertz CT molecular complexity index is 260. The van der Waals surface area contributed by atoms with Gasteiger partial charge in [0, 0.05) is 7.11 Å². The zero-order valence-corrected chi connectivity index (χ0v) is 9.86. The molecule has 0 heterocycles. The molecule has 0 bridgehead atoms. The molecule has 0 radical (unpaired) electrons. The van der Waals surface area contributed by atoms with Crippen LogP contribution in [-0.2, 0) is 4.74 Å². The van der Waals surface area contributed by atoms with Crippen molar-refractivity contribution < 1.29 is 4.74 Å². The summed E-state index contributed by atoms with van der Waals surface area (Å²) in [4.78, 5) is 0. The molecule has 0 spiro atoms. The summed E-state index contributed by atoms with van der Waals surface area (Å²) in [5, 5.41) is 3.51. The first-order valence-corrected chi connectivity index (χ1v) is 5.60. The molecule has 2 nitrogen and oxygen atoms in total. The van der Waals surface area contributed by atoms with Crippen molar-refractivity contribution in [3.05, 3.63) is 35.9 Å². The lowest BCUT2D eigenvalue weighted by atomic mass is 10.0. The minimum atomic E-state index is 0.193. The van der Waals surface area contributed by atoms with Crippen molar-refractivity contribution in [3.63, 3.8) is 0 Å². The molecule has 0 saturated heterocycles. The van der Waals surface area contributed by atoms with Gasteiger partial charge in [-0.2, -0.15) is 0 Å². The van der Waals surface area contributed by atoms with Crippen LogP contribution in [-0.4, -0.2) is 19.8 Å². The lowest BCUT2D eigenvalue weighted by Crippen LogP contribution is -2.31. The summed E-state index contributed by atoms with van der Waals surface area (Å²) in [5.41, 5.74) is 1.29. The molecule has 1 aromatic rings. The van der Waals surface area contributed by atoms with E-state index in [-0.39, 0.29) is 12.1 Å². The van der Waals surface area contributed by atoms with E-state index in [9.17, 15) is 0 Å². The third-order valence-electron chi connectivity index (χ3n) is 2.61. The Morgan fingerprint density at radius 2 is 1.93 bits per heavy atom. The van der Waals surface area contributed by atoms with Gasteiger partial charge < -0.3 is 10.1 Å². The van der Waals surface area contributed by atoms with E-state index in [1.165, 1.54) is 5.56 Å². The number of methoxy groups -OCH3 is 1. The van der Waals surface area contributed by atoms with E-state index in [1.807, 2.05) is 6.07 Å². The molecule has 0 aliphatic rings. The minimum Gasteiger partial charge on any atom is -0.380 e. The standard InChI is InChI=1S/C13H21NO/c1-4-10-14-13(11(2)15-3)12-8-6-5-7-9-12/h5-9,11,13-14H,4,10H2,1-3H3. The summed E-state index contributed by atoms with van der Waals surface area (Å²) >= 11 is 0. The second-order valence-corrected chi connectivity index (χ2v) is 3.78. The first-order chi connectivity index (χ1) is 7.29. The van der Waals surface area contributed by atoms with Gasteiger partial charge in [0.15, 0.2) is 0 Å². The molecule has 0 aromatic heterocycles. The van der Waals surface area contributed by atoms with E-state index in [4.69, 9.17) is 4.74 Å². The van der Waals surface area contributed by atoms with Gasteiger partial charge in [0.05, 0.1) is 12.1 Å². The predicted octanol–water partition coefficient (Wildman–Crippen LogP) is 2.76. The maximum atomic E-state index is 5.40. The Labute approximate surface area is 92.6 Å². The molecule has 1 aromatic carbocycles. The van der Waals surface area contributed by atoms with Crippen LogP contribution in [0, 0.1) is 0 Å². The summed E-state index contributed by atoms with van der Waals surface area (Å²) in [6, 6.07) is 10.7. The molecule has 84 valence electrons. The van der Waals surface area contributed by atoms with Crippen molar-refractivity contribution in [2.45, 2.75) is 32.4 Å². The van der Waals surface area contributed by atoms with Gasteiger partial charge in [-0.15, -0.1) is 0 Å². The van der Waals surface area contributed by atoms with Gasteiger partial charge in [-0.25, -0.2) is 0 Å². The first-order valence-electron chi connectivity index (χ1n) is 5.60. The predicted molar refractivity (Wildman–Crippen MR) is 63.9 cm³/mol. The van der Waals surface area contributed by atoms with Crippen LogP contribution in [0.5, 0.6) is 0 Å². The zero-order valence-electron chi connectivity index (χ0n) is 9.86. The largest absolute Gasteiger partial charge is 0.380 e. The smallest absolute Gasteiger partial charge is 0.0737 e. The fraction of sp³-hybridized carbons (Fsp3) is 0.538. The van der Waals surface area contributed by atoms with Crippen molar-refractivity contribution in [3.8, 4) is 0 Å². The number of hydrogen-bond donors (Lipinski definition) is 1. The van der Waals surface area contributed by atoms with Crippen molar-refractivity contribution in [2.24, 2.45) is 0 Å². The molecule has 2 atom stereocenters. The van der Waals surface area contributed by atoms with Crippen molar-refractivity contribution in [2.75, 3.05) is 13.7 Å². The van der Waals surface area contributed by atoms with Crippen LogP contribution in [0.3, 0.4) is 0 Å². The maximum Gasteiger partial charge on any atom is 0.0737 e. The first kappa shape index (κ1) is 12.2. The molecule has 2 unspecified atom stereocenters. The van der Waals surface area contributed by atoms with Gasteiger partial charge in [0.1, 0.15) is 0 Å². The number of ether oxygens (including phenoxy) is 1. The Kier molecular flexibility index (Phi) is 5.37. The molecule has 0 amide bonds. The van der Waals surface area contributed by atoms with E-state index in [0.717, 1.165) is 13.0 Å². The average molecular weight is 207 g/mol. The van der Waals surface area contributed by atoms with E-state index in [2.05, 4.69) is 43.4 Å². The quantitative estimate of drug-likeness (QED) is 0.774. The normalized spacial score (nSPS) is 14.9. The summed E-state index contributed by atoms with van der Waals surface area (Å²) in [7, 11) is 1.76. The fourth-order valence-corrected chi connectivity index (χ4v) is 1.65. The third-order valence-corrected chi connectivity index (χ3v) is 2.61. The summed E-state index contributed by atoms with van der Waals surface area (Å²) in [6.07, 6.45) is 1.33. The molecular weight excluding hydrogens is 186 g/mol. The second kappa shape index (κ2) is 6.59. The highest BCUT2D eigenvalue weighted by Gasteiger charge is 2.17. The molecule has 0 aliphatic carbocycles. The summed E-state index contributed by atoms with van der Waals surface area (Å²) in [6.45, 7) is 5.29. The SMILES string of the molecule is CCCNC(c1ccccc1)C(C)OC. The number of hydrogen-bond acceptors (Lipinski definition) is 2. The monoisotopic (exact) mass is 207 g/mol. The van der Waals surface area contributed by atoms with E-state index >= 15 is 0 Å². The molecule has 0 saturated carbocycles. The Balaban J connectivity index is 2.72. The number of benzene rings is 1. The summed E-state index contributed by atoms with van der Waals surface area (Å²) in [5.74, 6) is 0. The highest BCUT2D eigenvalue weighted by atomic mass is 16.5. The van der Waals surface area contributed by atoms with Gasteiger partial charge in [-0.1, -0.05) is 37.3 Å². The van der Waals surface area contributed by atoms with Crippen molar-refractivity contribution in [1.29, 1.82) is 0 Å². The van der Waals surface area contributed by atoms with Crippen LogP contribution in [0.15, 0.2) is 30.3 Å². The molecule has 0 fully saturated rings. The van der Waals surface area contributed by atoms with Crippen LogP contribution < -0.4 is 5.32 Å². The van der Waals surface area contributed by atoms with E-state index in [0.29, 0.717) is 0 Å². The summed E-state index contributed by atoms with van der Waals surface area (Å²) < 4.78 is 5.40. The molecule has 15 heavy (non-hydrogen) atoms. The van der Waals surface area contributed by atoms with Crippen molar-refractivity contribution in [1.82, 2.24) is 5.32 Å². The Morgan fingerprint density at radius 1 is 1.27 bits per heavy atom. The fourth-order valence-electron chi connectivity index (χ4n) is 1.65. The molecular formula is C13H21NO. The maximum absolute atomic E-state index is 5.40. The van der Waals surface area contributed by atoms with Gasteiger partial charge in [-0.3, -0.25) is 0 Å². The highest BCUT2D eigenvalue weighted by Crippen LogP contribution is 2.18. The average Bonchev–Trinajstić information content (AvgIpc) is 2.30. The highest BCUT2D eigenvalue weighted by molar-refractivity contribution is 5.19. The third kappa shape index (κ3) is 3.65. The zero-order chi connectivity index (χ0) is 11.1. The van der Waals surface area contributed by atoms with Gasteiger partial charge >= 0.3 is 0 Å². The lowest BCUT2D eigenvalue weighted by molar-refractivity contribution is 0.0830. The van der Waals surface area contributed by atoms with Crippen LogP contribution >= 0.6 is 0 Å². The Hall–Kier alpha value is -0.860. The topological polar surface area (TPSA) is 21.3 Å². The molecule has 2 heteroatoms. The molecule has 0 aliphatic heterocycles. The van der Waals surface area contributed by atoms with Crippen LogP contribution in [0.25, 0.3) is 0 Å². The molecule has 1 rings (SSSR count). The van der Waals surface area contributed by atoms with E-state index < -0.39 is 0 Å². The molecule has 1 N–H and O–H groups in total. The number of nitrogens with one attached hydrogen (secondary N) is 1. The second-order valence-electron chi connectivity index (χ2n) is 3.78. The Morgan fingerprint density at radius 3 is 2.47 bits per heavy atom. The minimum absolute atomic E-state index is 0.193. The van der Waals surface area contributed by atoms with Crippen LogP contribution in [0.2, 0.25) is 0 Å². The van der Waals surface area contributed by atoms with Gasteiger partial charge in [0.25, 0.3) is 0 Å². The lowest BCUT2D eigenvalue weighted by Gasteiger charge is -2.24. The van der Waals surface area contributed by atoms with Crippen molar-refractivity contribution >= 4 is 0 Å².